The Hall–Kier alpha value is -1.26. The van der Waals surface area contributed by atoms with Crippen molar-refractivity contribution in [2.75, 3.05) is 39.5 Å². The Morgan fingerprint density at radius 1 is 0.950 bits per heavy atom. The number of aliphatic hydroxyl groups is 3. The molecule has 1 rings (SSSR count). The minimum atomic E-state index is -2.01. The third-order valence-corrected chi connectivity index (χ3v) is 2.89. The Morgan fingerprint density at radius 3 is 1.90 bits per heavy atom. The van der Waals surface area contributed by atoms with Gasteiger partial charge in [-0.2, -0.15) is 0 Å². The molecule has 0 aromatic heterocycles. The van der Waals surface area contributed by atoms with E-state index in [4.69, 9.17) is 15.2 Å². The second-order valence-corrected chi connectivity index (χ2v) is 4.33. The van der Waals surface area contributed by atoms with Gasteiger partial charge < -0.3 is 35.4 Å². The average molecular weight is 292 g/mol. The van der Waals surface area contributed by atoms with E-state index in [1.54, 1.807) is 0 Å². The predicted octanol–water partition coefficient (Wildman–Crippen LogP) is -3.57. The molecule has 1 fully saturated rings. The molecule has 0 spiro atoms. The number of primary amides is 1. The summed E-state index contributed by atoms with van der Waals surface area (Å²) < 4.78 is 10.3. The SMILES string of the molecule is NC(=O)[C@@H](O)[C@H](O)[C@@H](O)C(=O)N1CCOCCOCC1. The van der Waals surface area contributed by atoms with Crippen LogP contribution in [0.25, 0.3) is 0 Å². The molecule has 20 heavy (non-hydrogen) atoms. The lowest BCUT2D eigenvalue weighted by atomic mass is 10.1. The van der Waals surface area contributed by atoms with Gasteiger partial charge in [0.1, 0.15) is 6.10 Å². The molecule has 5 N–H and O–H groups in total. The molecule has 0 bridgehead atoms. The number of aliphatic hydroxyl groups excluding tert-OH is 3. The van der Waals surface area contributed by atoms with Crippen LogP contribution in [0, 0.1) is 0 Å². The maximum absolute atomic E-state index is 12.0. The molecule has 0 aromatic rings. The van der Waals surface area contributed by atoms with Gasteiger partial charge in [-0.05, 0) is 0 Å². The van der Waals surface area contributed by atoms with Crippen molar-refractivity contribution in [2.24, 2.45) is 5.73 Å². The molecule has 2 amide bonds. The van der Waals surface area contributed by atoms with Crippen LogP contribution in [0.15, 0.2) is 0 Å². The number of amides is 2. The monoisotopic (exact) mass is 292 g/mol. The number of hydrogen-bond acceptors (Lipinski definition) is 7. The van der Waals surface area contributed by atoms with Crippen LogP contribution in [0.1, 0.15) is 0 Å². The molecule has 1 aliphatic rings. The Labute approximate surface area is 115 Å². The molecular formula is C11H20N2O7. The predicted molar refractivity (Wildman–Crippen MR) is 65.4 cm³/mol. The number of ether oxygens (including phenoxy) is 2. The first-order chi connectivity index (χ1) is 9.45. The van der Waals surface area contributed by atoms with E-state index in [1.165, 1.54) is 4.90 Å². The number of carbonyl (C=O) groups is 2. The molecule has 0 saturated carbocycles. The first kappa shape index (κ1) is 16.8. The van der Waals surface area contributed by atoms with Crippen LogP contribution < -0.4 is 5.73 Å². The molecular weight excluding hydrogens is 272 g/mol. The van der Waals surface area contributed by atoms with Crippen molar-refractivity contribution in [3.63, 3.8) is 0 Å². The number of nitrogens with zero attached hydrogens (tertiary/aromatic N) is 1. The van der Waals surface area contributed by atoms with E-state index in [0.717, 1.165) is 0 Å². The molecule has 9 heteroatoms. The summed E-state index contributed by atoms with van der Waals surface area (Å²) in [5.41, 5.74) is 4.79. The third kappa shape index (κ3) is 4.69. The highest BCUT2D eigenvalue weighted by Crippen LogP contribution is 2.06. The average Bonchev–Trinajstić information content (AvgIpc) is 2.57. The van der Waals surface area contributed by atoms with Crippen molar-refractivity contribution >= 4 is 11.8 Å². The van der Waals surface area contributed by atoms with E-state index in [0.29, 0.717) is 13.2 Å². The van der Waals surface area contributed by atoms with Crippen LogP contribution >= 0.6 is 0 Å². The second kappa shape index (κ2) is 8.12. The summed E-state index contributed by atoms with van der Waals surface area (Å²) in [5.74, 6) is -2.05. The Kier molecular flexibility index (Phi) is 6.82. The zero-order valence-corrected chi connectivity index (χ0v) is 11.0. The number of carbonyl (C=O) groups excluding carboxylic acids is 2. The van der Waals surface area contributed by atoms with Crippen LogP contribution in [-0.4, -0.2) is 89.9 Å². The maximum Gasteiger partial charge on any atom is 0.254 e. The van der Waals surface area contributed by atoms with Crippen LogP contribution in [-0.2, 0) is 19.1 Å². The lowest BCUT2D eigenvalue weighted by Crippen LogP contribution is -2.53. The topological polar surface area (TPSA) is 143 Å². The van der Waals surface area contributed by atoms with E-state index >= 15 is 0 Å². The van der Waals surface area contributed by atoms with Gasteiger partial charge in [0.25, 0.3) is 5.91 Å². The molecule has 1 aliphatic heterocycles. The lowest BCUT2D eigenvalue weighted by Gasteiger charge is -2.27. The summed E-state index contributed by atoms with van der Waals surface area (Å²) in [6, 6.07) is 0. The van der Waals surface area contributed by atoms with E-state index in [-0.39, 0.29) is 26.3 Å². The van der Waals surface area contributed by atoms with Gasteiger partial charge in [-0.15, -0.1) is 0 Å². The molecule has 0 radical (unpaired) electrons. The van der Waals surface area contributed by atoms with Crippen molar-refractivity contribution in [3.05, 3.63) is 0 Å². The zero-order chi connectivity index (χ0) is 15.1. The fourth-order valence-corrected chi connectivity index (χ4v) is 1.68. The third-order valence-electron chi connectivity index (χ3n) is 2.89. The summed E-state index contributed by atoms with van der Waals surface area (Å²) in [6.07, 6.45) is -5.94. The summed E-state index contributed by atoms with van der Waals surface area (Å²) in [6.45, 7) is 1.76. The van der Waals surface area contributed by atoms with Crippen LogP contribution in [0.3, 0.4) is 0 Å². The van der Waals surface area contributed by atoms with E-state index in [9.17, 15) is 24.9 Å². The van der Waals surface area contributed by atoms with Gasteiger partial charge in [0.2, 0.25) is 5.91 Å². The number of nitrogens with two attached hydrogens (primary N) is 1. The normalized spacial score (nSPS) is 22.1. The summed E-state index contributed by atoms with van der Waals surface area (Å²) in [7, 11) is 0. The smallest absolute Gasteiger partial charge is 0.254 e. The van der Waals surface area contributed by atoms with Crippen LogP contribution in [0.4, 0.5) is 0 Å². The molecule has 9 nitrogen and oxygen atoms in total. The van der Waals surface area contributed by atoms with Crippen molar-refractivity contribution in [3.8, 4) is 0 Å². The minimum absolute atomic E-state index is 0.207. The first-order valence-electron chi connectivity index (χ1n) is 6.23. The lowest BCUT2D eigenvalue weighted by molar-refractivity contribution is -0.155. The Morgan fingerprint density at radius 2 is 1.45 bits per heavy atom. The standard InChI is InChI=1S/C11H20N2O7/c12-10(17)8(15)7(14)9(16)11(18)13-1-3-19-5-6-20-4-2-13/h7-9,14-16H,1-6H2,(H2,12,17)/t7-,8-,9+/m0/s1. The highest BCUT2D eigenvalue weighted by atomic mass is 16.5. The van der Waals surface area contributed by atoms with E-state index in [2.05, 4.69) is 0 Å². The van der Waals surface area contributed by atoms with E-state index < -0.39 is 30.1 Å². The van der Waals surface area contributed by atoms with Crippen LogP contribution in [0.5, 0.6) is 0 Å². The molecule has 0 unspecified atom stereocenters. The van der Waals surface area contributed by atoms with Gasteiger partial charge in [0.05, 0.1) is 26.4 Å². The van der Waals surface area contributed by atoms with Gasteiger partial charge >= 0.3 is 0 Å². The summed E-state index contributed by atoms with van der Waals surface area (Å²) in [5, 5.41) is 28.5. The largest absolute Gasteiger partial charge is 0.387 e. The molecule has 0 aromatic carbocycles. The second-order valence-electron chi connectivity index (χ2n) is 4.33. The van der Waals surface area contributed by atoms with Gasteiger partial charge in [0.15, 0.2) is 12.2 Å². The number of rotatable bonds is 4. The molecule has 3 atom stereocenters. The molecule has 0 aliphatic carbocycles. The van der Waals surface area contributed by atoms with Crippen molar-refractivity contribution < 1.29 is 34.4 Å². The van der Waals surface area contributed by atoms with Crippen molar-refractivity contribution in [1.82, 2.24) is 4.90 Å². The van der Waals surface area contributed by atoms with Crippen molar-refractivity contribution in [1.29, 1.82) is 0 Å². The molecule has 1 heterocycles. The van der Waals surface area contributed by atoms with Gasteiger partial charge in [-0.1, -0.05) is 0 Å². The quantitative estimate of drug-likeness (QED) is 0.420. The fourth-order valence-electron chi connectivity index (χ4n) is 1.68. The minimum Gasteiger partial charge on any atom is -0.387 e. The Bertz CT molecular complexity index is 329. The Balaban J connectivity index is 2.62. The summed E-state index contributed by atoms with van der Waals surface area (Å²) >= 11 is 0. The highest BCUT2D eigenvalue weighted by molar-refractivity contribution is 5.84. The van der Waals surface area contributed by atoms with Gasteiger partial charge in [-0.25, -0.2) is 0 Å². The highest BCUT2D eigenvalue weighted by Gasteiger charge is 2.35. The molecule has 1 saturated heterocycles. The van der Waals surface area contributed by atoms with Gasteiger partial charge in [-0.3, -0.25) is 9.59 Å². The van der Waals surface area contributed by atoms with Gasteiger partial charge in [0, 0.05) is 13.1 Å². The van der Waals surface area contributed by atoms with E-state index in [1.807, 2.05) is 0 Å². The summed E-state index contributed by atoms with van der Waals surface area (Å²) in [4.78, 5) is 23.9. The zero-order valence-electron chi connectivity index (χ0n) is 11.0. The first-order valence-corrected chi connectivity index (χ1v) is 6.23. The fraction of sp³-hybridized carbons (Fsp3) is 0.818. The molecule has 116 valence electrons. The number of hydrogen-bond donors (Lipinski definition) is 4. The van der Waals surface area contributed by atoms with Crippen molar-refractivity contribution in [2.45, 2.75) is 18.3 Å². The maximum atomic E-state index is 12.0. The van der Waals surface area contributed by atoms with Crippen LogP contribution in [0.2, 0.25) is 0 Å².